The summed E-state index contributed by atoms with van der Waals surface area (Å²) in [5.41, 5.74) is 1.03. The number of nitro groups is 1. The number of hydrogen-bond donors (Lipinski definition) is 1. The maximum atomic E-state index is 11.3. The molecule has 1 aromatic carbocycles. The van der Waals surface area contributed by atoms with Gasteiger partial charge in [-0.05, 0) is 37.6 Å². The molecule has 0 aliphatic carbocycles. The van der Waals surface area contributed by atoms with Gasteiger partial charge in [0.05, 0.1) is 23.8 Å². The van der Waals surface area contributed by atoms with Crippen molar-refractivity contribution in [1.29, 1.82) is 0 Å². The molecule has 1 aromatic heterocycles. The van der Waals surface area contributed by atoms with Crippen LogP contribution in [0.1, 0.15) is 31.3 Å². The van der Waals surface area contributed by atoms with Gasteiger partial charge in [-0.25, -0.2) is 0 Å². The molecule has 21 heavy (non-hydrogen) atoms. The van der Waals surface area contributed by atoms with Crippen LogP contribution in [0.4, 0.5) is 11.4 Å². The van der Waals surface area contributed by atoms with Crippen molar-refractivity contribution in [2.24, 2.45) is 0 Å². The number of benzene rings is 1. The van der Waals surface area contributed by atoms with Gasteiger partial charge in [-0.15, -0.1) is 0 Å². The Morgan fingerprint density at radius 1 is 1.43 bits per heavy atom. The fourth-order valence-electron chi connectivity index (χ4n) is 2.17. The zero-order valence-electron chi connectivity index (χ0n) is 12.0. The lowest BCUT2D eigenvalue weighted by Crippen LogP contribution is -2.22. The van der Waals surface area contributed by atoms with E-state index in [9.17, 15) is 15.2 Å². The van der Waals surface area contributed by atoms with Crippen LogP contribution in [-0.2, 0) is 6.54 Å². The monoisotopic (exact) mass is 290 g/mol. The van der Waals surface area contributed by atoms with Crippen molar-refractivity contribution in [3.8, 4) is 0 Å². The van der Waals surface area contributed by atoms with Crippen molar-refractivity contribution >= 4 is 11.4 Å². The number of rotatable bonds is 6. The van der Waals surface area contributed by atoms with Gasteiger partial charge in [-0.1, -0.05) is 6.07 Å². The van der Waals surface area contributed by atoms with Crippen LogP contribution in [0.25, 0.3) is 0 Å². The Hall–Kier alpha value is -2.34. The van der Waals surface area contributed by atoms with Gasteiger partial charge in [0.15, 0.2) is 0 Å². The molecule has 2 aromatic rings. The molecule has 0 spiro atoms. The lowest BCUT2D eigenvalue weighted by molar-refractivity contribution is -0.384. The van der Waals surface area contributed by atoms with Gasteiger partial charge < -0.3 is 14.4 Å². The largest absolute Gasteiger partial charge is 0.467 e. The van der Waals surface area contributed by atoms with Crippen LogP contribution < -0.4 is 4.90 Å². The summed E-state index contributed by atoms with van der Waals surface area (Å²) in [5.74, 6) is 0.741. The minimum atomic E-state index is -0.738. The van der Waals surface area contributed by atoms with Gasteiger partial charge in [-0.2, -0.15) is 0 Å². The topological polar surface area (TPSA) is 79.8 Å². The molecule has 0 saturated heterocycles. The Balaban J connectivity index is 2.38. The Bertz CT molecular complexity index is 608. The average molecular weight is 290 g/mol. The second-order valence-electron chi connectivity index (χ2n) is 4.77. The summed E-state index contributed by atoms with van der Waals surface area (Å²) in [6.45, 7) is 4.57. The number of anilines is 1. The summed E-state index contributed by atoms with van der Waals surface area (Å²) in [5, 5.41) is 20.9. The molecule has 0 radical (unpaired) electrons. The highest BCUT2D eigenvalue weighted by Gasteiger charge is 2.21. The minimum absolute atomic E-state index is 0.0122. The van der Waals surface area contributed by atoms with Crippen molar-refractivity contribution in [2.75, 3.05) is 11.4 Å². The van der Waals surface area contributed by atoms with E-state index >= 15 is 0 Å². The molecule has 1 atom stereocenters. The molecule has 0 amide bonds. The van der Waals surface area contributed by atoms with Crippen molar-refractivity contribution in [3.63, 3.8) is 0 Å². The van der Waals surface area contributed by atoms with Crippen LogP contribution in [0, 0.1) is 10.1 Å². The second-order valence-corrected chi connectivity index (χ2v) is 4.77. The van der Waals surface area contributed by atoms with E-state index in [-0.39, 0.29) is 5.69 Å². The van der Waals surface area contributed by atoms with Crippen LogP contribution in [-0.4, -0.2) is 16.6 Å². The molecule has 112 valence electrons. The van der Waals surface area contributed by atoms with Crippen LogP contribution in [0.15, 0.2) is 41.0 Å². The molecular formula is C15H18N2O4. The van der Waals surface area contributed by atoms with Crippen LogP contribution >= 0.6 is 0 Å². The van der Waals surface area contributed by atoms with E-state index < -0.39 is 11.0 Å². The van der Waals surface area contributed by atoms with Gasteiger partial charge in [0.25, 0.3) is 5.69 Å². The predicted octanol–water partition coefficient (Wildman–Crippen LogP) is 3.27. The second kappa shape index (κ2) is 6.41. The Morgan fingerprint density at radius 3 is 2.71 bits per heavy atom. The number of nitro benzene ring substituents is 1. The van der Waals surface area contributed by atoms with Crippen molar-refractivity contribution < 1.29 is 14.4 Å². The minimum Gasteiger partial charge on any atom is -0.467 e. The molecule has 1 heterocycles. The molecule has 1 N–H and O–H groups in total. The summed E-state index contributed by atoms with van der Waals surface area (Å²) in [6.07, 6.45) is 0.839. The third-order valence-corrected chi connectivity index (χ3v) is 3.33. The summed E-state index contributed by atoms with van der Waals surface area (Å²) in [7, 11) is 0. The van der Waals surface area contributed by atoms with E-state index in [4.69, 9.17) is 4.42 Å². The average Bonchev–Trinajstić information content (AvgIpc) is 2.97. The first kappa shape index (κ1) is 15.1. The maximum Gasteiger partial charge on any atom is 0.292 e. The Morgan fingerprint density at radius 2 is 2.19 bits per heavy atom. The first-order valence-electron chi connectivity index (χ1n) is 6.76. The van der Waals surface area contributed by atoms with E-state index in [0.29, 0.717) is 24.3 Å². The van der Waals surface area contributed by atoms with Crippen LogP contribution in [0.3, 0.4) is 0 Å². The SMILES string of the molecule is CCN(Cc1ccco1)c1ccc(C(C)O)cc1[N+](=O)[O-]. The molecule has 0 fully saturated rings. The highest BCUT2D eigenvalue weighted by Crippen LogP contribution is 2.32. The number of hydrogen-bond acceptors (Lipinski definition) is 5. The smallest absolute Gasteiger partial charge is 0.292 e. The van der Waals surface area contributed by atoms with E-state index in [1.54, 1.807) is 31.4 Å². The number of nitrogens with zero attached hydrogens (tertiary/aromatic N) is 2. The fourth-order valence-corrected chi connectivity index (χ4v) is 2.17. The molecular weight excluding hydrogens is 272 g/mol. The third-order valence-electron chi connectivity index (χ3n) is 3.33. The summed E-state index contributed by atoms with van der Waals surface area (Å²) < 4.78 is 5.30. The Kier molecular flexibility index (Phi) is 4.59. The molecule has 1 unspecified atom stereocenters. The lowest BCUT2D eigenvalue weighted by atomic mass is 10.1. The molecule has 0 aliphatic heterocycles. The molecule has 0 bridgehead atoms. The number of aliphatic hydroxyl groups is 1. The summed E-state index contributed by atoms with van der Waals surface area (Å²) in [4.78, 5) is 12.7. The van der Waals surface area contributed by atoms with Crippen LogP contribution in [0.5, 0.6) is 0 Å². The molecule has 0 aliphatic rings. The fraction of sp³-hybridized carbons (Fsp3) is 0.333. The highest BCUT2D eigenvalue weighted by molar-refractivity contribution is 5.64. The van der Waals surface area contributed by atoms with Crippen molar-refractivity contribution in [1.82, 2.24) is 0 Å². The lowest BCUT2D eigenvalue weighted by Gasteiger charge is -2.22. The quantitative estimate of drug-likeness (QED) is 0.652. The zero-order valence-corrected chi connectivity index (χ0v) is 12.0. The van der Waals surface area contributed by atoms with E-state index in [1.165, 1.54) is 6.07 Å². The third kappa shape index (κ3) is 3.41. The molecule has 6 heteroatoms. The van der Waals surface area contributed by atoms with E-state index in [2.05, 4.69) is 0 Å². The Labute approximate surface area is 122 Å². The van der Waals surface area contributed by atoms with Crippen molar-refractivity contribution in [2.45, 2.75) is 26.5 Å². The summed E-state index contributed by atoms with van der Waals surface area (Å²) >= 11 is 0. The number of aliphatic hydroxyl groups excluding tert-OH is 1. The normalized spacial score (nSPS) is 12.1. The van der Waals surface area contributed by atoms with E-state index in [1.807, 2.05) is 17.9 Å². The van der Waals surface area contributed by atoms with Gasteiger partial charge in [0, 0.05) is 12.6 Å². The van der Waals surface area contributed by atoms with Crippen LogP contribution in [0.2, 0.25) is 0 Å². The molecule has 2 rings (SSSR count). The van der Waals surface area contributed by atoms with Gasteiger partial charge in [0.1, 0.15) is 11.4 Å². The van der Waals surface area contributed by atoms with Crippen molar-refractivity contribution in [3.05, 3.63) is 58.0 Å². The highest BCUT2D eigenvalue weighted by atomic mass is 16.6. The predicted molar refractivity (Wildman–Crippen MR) is 79.2 cm³/mol. The molecule has 6 nitrogen and oxygen atoms in total. The first-order chi connectivity index (χ1) is 10.0. The zero-order chi connectivity index (χ0) is 15.4. The maximum absolute atomic E-state index is 11.3. The van der Waals surface area contributed by atoms with Gasteiger partial charge in [-0.3, -0.25) is 10.1 Å². The standard InChI is InChI=1S/C15H18N2O4/c1-3-16(10-13-5-4-8-21-13)14-7-6-12(11(2)18)9-15(14)17(19)20/h4-9,11,18H,3,10H2,1-2H3. The summed E-state index contributed by atoms with van der Waals surface area (Å²) in [6, 6.07) is 8.42. The number of furan rings is 1. The molecule has 0 saturated carbocycles. The van der Waals surface area contributed by atoms with Gasteiger partial charge in [0.2, 0.25) is 0 Å². The van der Waals surface area contributed by atoms with E-state index in [0.717, 1.165) is 5.76 Å². The first-order valence-corrected chi connectivity index (χ1v) is 6.76. The van der Waals surface area contributed by atoms with Gasteiger partial charge >= 0.3 is 0 Å².